The van der Waals surface area contributed by atoms with Crippen molar-refractivity contribution in [3.8, 4) is 23.0 Å². The van der Waals surface area contributed by atoms with Crippen LogP contribution in [0.25, 0.3) is 0 Å². The lowest BCUT2D eigenvalue weighted by Gasteiger charge is -2.13. The van der Waals surface area contributed by atoms with Gasteiger partial charge in [-0.15, -0.1) is 0 Å². The summed E-state index contributed by atoms with van der Waals surface area (Å²) in [6, 6.07) is 16.8. The van der Waals surface area contributed by atoms with Gasteiger partial charge in [-0.05, 0) is 71.0 Å². The number of hydrogen-bond donors (Lipinski definition) is 1. The van der Waals surface area contributed by atoms with E-state index in [1.165, 1.54) is 19.8 Å². The average molecular weight is 560 g/mol. The van der Waals surface area contributed by atoms with Crippen molar-refractivity contribution in [3.63, 3.8) is 0 Å². The zero-order valence-corrected chi connectivity index (χ0v) is 21.0. The lowest BCUT2D eigenvalue weighted by atomic mass is 10.2. The molecule has 3 aromatic carbocycles. The number of nitrogens with zero attached hydrogens (tertiary/aromatic N) is 1. The summed E-state index contributed by atoms with van der Waals surface area (Å²) in [7, 11) is 4.64. The van der Waals surface area contributed by atoms with Crippen LogP contribution >= 0.6 is 22.6 Å². The fraction of sp³-hybridized carbons (Fsp3) is 0.200. The topological polar surface area (TPSA) is 78.4 Å². The highest BCUT2D eigenvalue weighted by Crippen LogP contribution is 2.34. The highest BCUT2D eigenvalue weighted by atomic mass is 127. The van der Waals surface area contributed by atoms with Crippen LogP contribution in [0.15, 0.2) is 59.7 Å². The maximum absolute atomic E-state index is 12.4. The smallest absolute Gasteiger partial charge is 0.271 e. The number of amides is 1. The summed E-state index contributed by atoms with van der Waals surface area (Å²) in [5, 5.41) is 4.07. The van der Waals surface area contributed by atoms with Crippen LogP contribution in [0, 0.1) is 10.5 Å². The van der Waals surface area contributed by atoms with Crippen LogP contribution in [-0.4, -0.2) is 33.5 Å². The Kier molecular flexibility index (Phi) is 8.53. The zero-order chi connectivity index (χ0) is 23.8. The molecule has 0 aliphatic carbocycles. The van der Waals surface area contributed by atoms with Gasteiger partial charge in [-0.25, -0.2) is 5.43 Å². The number of hydrazone groups is 1. The van der Waals surface area contributed by atoms with Crippen LogP contribution < -0.4 is 24.4 Å². The molecule has 33 heavy (non-hydrogen) atoms. The van der Waals surface area contributed by atoms with E-state index in [4.69, 9.17) is 18.9 Å². The van der Waals surface area contributed by atoms with Gasteiger partial charge in [0.05, 0.1) is 31.1 Å². The van der Waals surface area contributed by atoms with Gasteiger partial charge in [-0.2, -0.15) is 5.10 Å². The molecule has 0 saturated carbocycles. The first-order valence-electron chi connectivity index (χ1n) is 10.1. The Morgan fingerprint density at radius 2 is 1.64 bits per heavy atom. The summed E-state index contributed by atoms with van der Waals surface area (Å²) in [5.41, 5.74) is 5.95. The molecule has 0 unspecified atom stereocenters. The van der Waals surface area contributed by atoms with Gasteiger partial charge in [-0.3, -0.25) is 4.79 Å². The second-order valence-electron chi connectivity index (χ2n) is 7.08. The fourth-order valence-electron chi connectivity index (χ4n) is 3.00. The Hall–Kier alpha value is -3.27. The molecule has 3 rings (SSSR count). The van der Waals surface area contributed by atoms with E-state index in [9.17, 15) is 4.79 Å². The number of rotatable bonds is 9. The van der Waals surface area contributed by atoms with Gasteiger partial charge >= 0.3 is 0 Å². The van der Waals surface area contributed by atoms with E-state index < -0.39 is 0 Å². The first-order valence-corrected chi connectivity index (χ1v) is 11.1. The van der Waals surface area contributed by atoms with Crippen LogP contribution in [0.4, 0.5) is 0 Å². The van der Waals surface area contributed by atoms with Gasteiger partial charge in [-0.1, -0.05) is 29.8 Å². The van der Waals surface area contributed by atoms with Gasteiger partial charge in [0.15, 0.2) is 23.0 Å². The average Bonchev–Trinajstić information content (AvgIpc) is 2.83. The van der Waals surface area contributed by atoms with Crippen LogP contribution in [-0.2, 0) is 6.61 Å². The number of carbonyl (C=O) groups is 1. The van der Waals surface area contributed by atoms with Crippen molar-refractivity contribution < 1.29 is 23.7 Å². The first-order chi connectivity index (χ1) is 15.9. The van der Waals surface area contributed by atoms with E-state index in [1.54, 1.807) is 37.6 Å². The number of methoxy groups -OCH3 is 3. The molecule has 0 bridgehead atoms. The molecule has 0 aliphatic heterocycles. The second-order valence-corrected chi connectivity index (χ2v) is 8.24. The maximum Gasteiger partial charge on any atom is 0.271 e. The van der Waals surface area contributed by atoms with Gasteiger partial charge < -0.3 is 18.9 Å². The number of nitrogens with one attached hydrogen (secondary N) is 1. The van der Waals surface area contributed by atoms with Crippen molar-refractivity contribution >= 4 is 34.7 Å². The summed E-state index contributed by atoms with van der Waals surface area (Å²) in [5.74, 6) is 1.89. The van der Waals surface area contributed by atoms with Crippen LogP contribution in [0.5, 0.6) is 23.0 Å². The summed E-state index contributed by atoms with van der Waals surface area (Å²) in [6.07, 6.45) is 1.55. The van der Waals surface area contributed by atoms with E-state index in [0.29, 0.717) is 35.2 Å². The summed E-state index contributed by atoms with van der Waals surface area (Å²) < 4.78 is 22.8. The number of benzene rings is 3. The Bertz CT molecular complexity index is 1150. The Labute approximate surface area is 206 Å². The molecule has 0 heterocycles. The SMILES string of the molecule is COc1ccc(C(=O)N/N=C/c2cc(I)c(OCc3ccc(C)cc3)c(OC)c2)cc1OC. The van der Waals surface area contributed by atoms with E-state index in [-0.39, 0.29) is 5.91 Å². The lowest BCUT2D eigenvalue weighted by molar-refractivity contribution is 0.0954. The summed E-state index contributed by atoms with van der Waals surface area (Å²) in [4.78, 5) is 12.4. The molecule has 0 saturated heterocycles. The Morgan fingerprint density at radius 1 is 0.939 bits per heavy atom. The zero-order valence-electron chi connectivity index (χ0n) is 18.8. The minimum atomic E-state index is -0.369. The van der Waals surface area contributed by atoms with E-state index >= 15 is 0 Å². The largest absolute Gasteiger partial charge is 0.493 e. The molecule has 8 heteroatoms. The normalized spacial score (nSPS) is 10.7. The molecule has 7 nitrogen and oxygen atoms in total. The minimum Gasteiger partial charge on any atom is -0.493 e. The predicted molar refractivity (Wildman–Crippen MR) is 136 cm³/mol. The van der Waals surface area contributed by atoms with Gasteiger partial charge in [0.1, 0.15) is 6.61 Å². The van der Waals surface area contributed by atoms with Gasteiger partial charge in [0, 0.05) is 5.56 Å². The second kappa shape index (κ2) is 11.6. The van der Waals surface area contributed by atoms with Crippen LogP contribution in [0.3, 0.4) is 0 Å². The van der Waals surface area contributed by atoms with Gasteiger partial charge in [0.25, 0.3) is 5.91 Å². The number of halogens is 1. The van der Waals surface area contributed by atoms with Crippen molar-refractivity contribution in [1.29, 1.82) is 0 Å². The Balaban J connectivity index is 1.68. The van der Waals surface area contributed by atoms with Crippen LogP contribution in [0.2, 0.25) is 0 Å². The molecule has 0 spiro atoms. The molecule has 0 atom stereocenters. The molecule has 0 fully saturated rings. The molecule has 0 aromatic heterocycles. The highest BCUT2D eigenvalue weighted by molar-refractivity contribution is 14.1. The maximum atomic E-state index is 12.4. The fourth-order valence-corrected chi connectivity index (χ4v) is 3.78. The molecule has 172 valence electrons. The first kappa shape index (κ1) is 24.4. The third-order valence-corrected chi connectivity index (χ3v) is 5.58. The van der Waals surface area contributed by atoms with Crippen molar-refractivity contribution in [2.75, 3.05) is 21.3 Å². The lowest BCUT2D eigenvalue weighted by Crippen LogP contribution is -2.17. The molecule has 3 aromatic rings. The van der Waals surface area contributed by atoms with Crippen molar-refractivity contribution in [2.45, 2.75) is 13.5 Å². The number of ether oxygens (including phenoxy) is 4. The Morgan fingerprint density at radius 3 is 2.30 bits per heavy atom. The molecular formula is C25H25IN2O5. The standard InChI is InChI=1S/C25H25IN2O5/c1-16-5-7-17(8-6-16)15-33-24-20(26)11-18(12-23(24)32-4)14-27-28-25(29)19-9-10-21(30-2)22(13-19)31-3/h5-14H,15H2,1-4H3,(H,28,29)/b27-14+. The van der Waals surface area contributed by atoms with E-state index in [1.807, 2.05) is 25.1 Å². The van der Waals surface area contributed by atoms with Gasteiger partial charge in [0.2, 0.25) is 0 Å². The molecule has 1 amide bonds. The number of hydrogen-bond acceptors (Lipinski definition) is 6. The summed E-state index contributed by atoms with van der Waals surface area (Å²) >= 11 is 2.19. The van der Waals surface area contributed by atoms with Crippen LogP contribution in [0.1, 0.15) is 27.0 Å². The third kappa shape index (κ3) is 6.38. The van der Waals surface area contributed by atoms with Crippen molar-refractivity contribution in [3.05, 3.63) is 80.4 Å². The highest BCUT2D eigenvalue weighted by Gasteiger charge is 2.13. The van der Waals surface area contributed by atoms with E-state index in [2.05, 4.69) is 45.3 Å². The monoisotopic (exact) mass is 560 g/mol. The molecule has 1 N–H and O–H groups in total. The molecule has 0 radical (unpaired) electrons. The number of aryl methyl sites for hydroxylation is 1. The minimum absolute atomic E-state index is 0.369. The number of carbonyl (C=O) groups excluding carboxylic acids is 1. The molecule has 0 aliphatic rings. The predicted octanol–water partition coefficient (Wildman–Crippen LogP) is 4.97. The van der Waals surface area contributed by atoms with E-state index in [0.717, 1.165) is 14.7 Å². The van der Waals surface area contributed by atoms with Crippen molar-refractivity contribution in [1.82, 2.24) is 5.43 Å². The van der Waals surface area contributed by atoms with Crippen molar-refractivity contribution in [2.24, 2.45) is 5.10 Å². The quantitative estimate of drug-likeness (QED) is 0.227. The molecular weight excluding hydrogens is 535 g/mol. The third-order valence-electron chi connectivity index (χ3n) is 4.78. The summed E-state index contributed by atoms with van der Waals surface area (Å²) in [6.45, 7) is 2.48.